The summed E-state index contributed by atoms with van der Waals surface area (Å²) in [6.07, 6.45) is 4.47. The Morgan fingerprint density at radius 3 is 2.13 bits per heavy atom. The summed E-state index contributed by atoms with van der Waals surface area (Å²) in [5, 5.41) is 11.1. The summed E-state index contributed by atoms with van der Waals surface area (Å²) in [4.78, 5) is 0. The third-order valence-corrected chi connectivity index (χ3v) is 5.66. The minimum Gasteiger partial charge on any atom is -0.390 e. The van der Waals surface area contributed by atoms with Crippen LogP contribution in [0.3, 0.4) is 0 Å². The Morgan fingerprint density at radius 2 is 1.73 bits per heavy atom. The van der Waals surface area contributed by atoms with Gasteiger partial charge in [0.2, 0.25) is 0 Å². The van der Waals surface area contributed by atoms with Gasteiger partial charge in [-0.05, 0) is 37.5 Å². The van der Waals surface area contributed by atoms with Crippen LogP contribution in [0.5, 0.6) is 0 Å². The van der Waals surface area contributed by atoms with Gasteiger partial charge in [-0.1, -0.05) is 20.8 Å². The van der Waals surface area contributed by atoms with E-state index in [1.54, 1.807) is 0 Å². The summed E-state index contributed by atoms with van der Waals surface area (Å²) in [6, 6.07) is 0. The minimum atomic E-state index is -0.654. The second-order valence-electron chi connectivity index (χ2n) is 6.52. The first-order valence-electron chi connectivity index (χ1n) is 5.91. The van der Waals surface area contributed by atoms with E-state index in [2.05, 4.69) is 20.8 Å². The van der Waals surface area contributed by atoms with Crippen LogP contribution in [0.25, 0.3) is 0 Å². The van der Waals surface area contributed by atoms with E-state index in [9.17, 15) is 9.32 Å². The molecule has 2 nitrogen and oxygen atoms in total. The first-order valence-corrected chi connectivity index (χ1v) is 7.19. The molecule has 2 aliphatic heterocycles. The van der Waals surface area contributed by atoms with E-state index in [4.69, 9.17) is 0 Å². The highest BCUT2D eigenvalue weighted by atomic mass is 32.2. The lowest BCUT2D eigenvalue weighted by molar-refractivity contribution is -0.0133. The van der Waals surface area contributed by atoms with Gasteiger partial charge in [-0.15, -0.1) is 0 Å². The molecular formula is C12H22O2S. The standard InChI is InChI=1S/C12H22O2S/c1-11(2,3)8-12(13)6-9-4-5-10(7-12)15(9)14/h9-10,13H,4-8H2,1-3H3. The molecule has 0 spiro atoms. The molecule has 2 unspecified atom stereocenters. The maximum atomic E-state index is 11.8. The summed E-state index contributed by atoms with van der Waals surface area (Å²) >= 11 is 0. The van der Waals surface area contributed by atoms with Gasteiger partial charge in [0.1, 0.15) is 0 Å². The van der Waals surface area contributed by atoms with Crippen molar-refractivity contribution in [3.63, 3.8) is 0 Å². The first kappa shape index (κ1) is 11.6. The molecule has 0 aliphatic carbocycles. The van der Waals surface area contributed by atoms with Crippen molar-refractivity contribution in [2.75, 3.05) is 0 Å². The van der Waals surface area contributed by atoms with Gasteiger partial charge in [0.15, 0.2) is 0 Å². The van der Waals surface area contributed by atoms with Crippen LogP contribution in [-0.2, 0) is 10.8 Å². The minimum absolute atomic E-state index is 0.160. The van der Waals surface area contributed by atoms with Gasteiger partial charge >= 0.3 is 0 Å². The van der Waals surface area contributed by atoms with E-state index in [1.807, 2.05) is 0 Å². The van der Waals surface area contributed by atoms with Crippen molar-refractivity contribution >= 4 is 10.8 Å². The van der Waals surface area contributed by atoms with E-state index in [-0.39, 0.29) is 15.9 Å². The average molecular weight is 230 g/mol. The molecule has 15 heavy (non-hydrogen) atoms. The normalized spacial score (nSPS) is 45.7. The van der Waals surface area contributed by atoms with Gasteiger partial charge in [-0.3, -0.25) is 4.21 Å². The Morgan fingerprint density at radius 1 is 1.27 bits per heavy atom. The number of rotatable bonds is 1. The summed E-state index contributed by atoms with van der Waals surface area (Å²) in [7, 11) is -0.654. The zero-order valence-electron chi connectivity index (χ0n) is 9.95. The third-order valence-electron chi connectivity index (χ3n) is 3.54. The molecule has 2 rings (SSSR count). The van der Waals surface area contributed by atoms with Crippen molar-refractivity contribution in [1.29, 1.82) is 0 Å². The molecule has 3 heteroatoms. The molecule has 2 bridgehead atoms. The maximum Gasteiger partial charge on any atom is 0.0675 e. The van der Waals surface area contributed by atoms with Gasteiger partial charge < -0.3 is 5.11 Å². The van der Waals surface area contributed by atoms with Crippen LogP contribution >= 0.6 is 0 Å². The molecule has 2 saturated heterocycles. The van der Waals surface area contributed by atoms with Crippen LogP contribution in [0.1, 0.15) is 52.9 Å². The molecule has 88 valence electrons. The largest absolute Gasteiger partial charge is 0.390 e. The predicted molar refractivity (Wildman–Crippen MR) is 63.2 cm³/mol. The number of aliphatic hydroxyl groups is 1. The maximum absolute atomic E-state index is 11.8. The topological polar surface area (TPSA) is 37.3 Å². The fourth-order valence-electron chi connectivity index (χ4n) is 3.31. The number of hydrogen-bond donors (Lipinski definition) is 1. The summed E-state index contributed by atoms with van der Waals surface area (Å²) in [5.74, 6) is 0. The molecule has 2 heterocycles. The fraction of sp³-hybridized carbons (Fsp3) is 1.00. The van der Waals surface area contributed by atoms with Crippen molar-refractivity contribution in [1.82, 2.24) is 0 Å². The zero-order chi connectivity index (χ0) is 11.3. The molecule has 0 aromatic carbocycles. The van der Waals surface area contributed by atoms with Crippen LogP contribution in [0.2, 0.25) is 0 Å². The summed E-state index contributed by atoms with van der Waals surface area (Å²) in [5.41, 5.74) is -0.384. The van der Waals surface area contributed by atoms with Gasteiger partial charge in [0.05, 0.1) is 5.60 Å². The molecular weight excluding hydrogens is 208 g/mol. The van der Waals surface area contributed by atoms with Gasteiger partial charge in [0, 0.05) is 21.3 Å². The van der Waals surface area contributed by atoms with Crippen molar-refractivity contribution in [2.24, 2.45) is 5.41 Å². The Kier molecular flexibility index (Phi) is 2.75. The van der Waals surface area contributed by atoms with Crippen molar-refractivity contribution in [2.45, 2.75) is 69.0 Å². The van der Waals surface area contributed by atoms with Crippen molar-refractivity contribution < 1.29 is 9.32 Å². The third kappa shape index (κ3) is 2.44. The predicted octanol–water partition coefficient (Wildman–Crippen LogP) is 2.23. The van der Waals surface area contributed by atoms with E-state index < -0.39 is 16.4 Å². The molecule has 0 saturated carbocycles. The molecule has 0 amide bonds. The molecule has 1 N–H and O–H groups in total. The molecule has 0 radical (unpaired) electrons. The molecule has 2 fully saturated rings. The Balaban J connectivity index is 2.10. The highest BCUT2D eigenvalue weighted by Crippen LogP contribution is 2.45. The second kappa shape index (κ2) is 3.56. The Hall–Kier alpha value is 0.110. The average Bonchev–Trinajstić information content (AvgIpc) is 2.31. The molecule has 0 aromatic rings. The SMILES string of the molecule is CC(C)(C)CC1(O)CC2CCC(C1)S2=O. The summed E-state index contributed by atoms with van der Waals surface area (Å²) in [6.45, 7) is 6.50. The second-order valence-corrected chi connectivity index (χ2v) is 8.51. The highest BCUT2D eigenvalue weighted by molar-refractivity contribution is 7.86. The van der Waals surface area contributed by atoms with E-state index in [0.29, 0.717) is 0 Å². The molecule has 0 aromatic heterocycles. The Labute approximate surface area is 94.9 Å². The lowest BCUT2D eigenvalue weighted by Crippen LogP contribution is -2.44. The lowest BCUT2D eigenvalue weighted by atomic mass is 9.78. The number of hydrogen-bond acceptors (Lipinski definition) is 2. The van der Waals surface area contributed by atoms with Crippen LogP contribution in [-0.4, -0.2) is 25.4 Å². The van der Waals surface area contributed by atoms with Crippen molar-refractivity contribution in [3.05, 3.63) is 0 Å². The Bertz CT molecular complexity index is 264. The van der Waals surface area contributed by atoms with E-state index in [1.165, 1.54) is 0 Å². The summed E-state index contributed by atoms with van der Waals surface area (Å²) < 4.78 is 11.8. The van der Waals surface area contributed by atoms with Gasteiger partial charge in [-0.2, -0.15) is 0 Å². The zero-order valence-corrected chi connectivity index (χ0v) is 10.8. The quantitative estimate of drug-likeness (QED) is 0.750. The van der Waals surface area contributed by atoms with E-state index >= 15 is 0 Å². The van der Waals surface area contributed by atoms with Gasteiger partial charge in [-0.25, -0.2) is 0 Å². The van der Waals surface area contributed by atoms with E-state index in [0.717, 1.165) is 32.1 Å². The smallest absolute Gasteiger partial charge is 0.0675 e. The van der Waals surface area contributed by atoms with Crippen LogP contribution in [0.15, 0.2) is 0 Å². The highest BCUT2D eigenvalue weighted by Gasteiger charge is 2.48. The molecule has 2 aliphatic rings. The lowest BCUT2D eigenvalue weighted by Gasteiger charge is -2.39. The first-order chi connectivity index (χ1) is 6.79. The molecule has 2 atom stereocenters. The van der Waals surface area contributed by atoms with Crippen LogP contribution in [0.4, 0.5) is 0 Å². The van der Waals surface area contributed by atoms with Crippen LogP contribution in [0, 0.1) is 5.41 Å². The fourth-order valence-corrected chi connectivity index (χ4v) is 5.54. The number of fused-ring (bicyclic) bond motifs is 2. The van der Waals surface area contributed by atoms with Gasteiger partial charge in [0.25, 0.3) is 0 Å². The monoisotopic (exact) mass is 230 g/mol. The van der Waals surface area contributed by atoms with Crippen LogP contribution < -0.4 is 0 Å². The van der Waals surface area contributed by atoms with Crippen molar-refractivity contribution in [3.8, 4) is 0 Å².